The summed E-state index contributed by atoms with van der Waals surface area (Å²) < 4.78 is 1.63. The molecule has 2 aromatic rings. The number of hydrogen-bond acceptors (Lipinski definition) is 3. The Labute approximate surface area is 172 Å². The third kappa shape index (κ3) is 3.72. The molecule has 0 bridgehead atoms. The van der Waals surface area contributed by atoms with Crippen LogP contribution >= 0.6 is 0 Å². The Morgan fingerprint density at radius 2 is 1.93 bits per heavy atom. The number of rotatable bonds is 5. The summed E-state index contributed by atoms with van der Waals surface area (Å²) in [6, 6.07) is 8.22. The average Bonchev–Trinajstić information content (AvgIpc) is 3.25. The molecule has 1 saturated heterocycles. The fourth-order valence-corrected chi connectivity index (χ4v) is 4.72. The van der Waals surface area contributed by atoms with Crippen LogP contribution in [0.4, 0.5) is 0 Å². The van der Waals surface area contributed by atoms with E-state index in [1.165, 1.54) is 22.8 Å². The minimum absolute atomic E-state index is 0.0242. The van der Waals surface area contributed by atoms with Crippen LogP contribution < -0.4 is 5.43 Å². The smallest absolute Gasteiger partial charge is 0.242 e. The molecule has 1 amide bonds. The molecule has 2 fully saturated rings. The monoisotopic (exact) mass is 392 g/mol. The maximum Gasteiger partial charge on any atom is 0.242 e. The van der Waals surface area contributed by atoms with Crippen molar-refractivity contribution in [1.29, 1.82) is 0 Å². The highest BCUT2D eigenvalue weighted by atomic mass is 16.3. The van der Waals surface area contributed by atoms with E-state index in [9.17, 15) is 14.7 Å². The minimum atomic E-state index is -0.415. The van der Waals surface area contributed by atoms with Gasteiger partial charge in [-0.1, -0.05) is 30.9 Å². The molecule has 0 radical (unpaired) electrons. The van der Waals surface area contributed by atoms with E-state index in [0.29, 0.717) is 11.6 Å². The molecule has 1 aromatic carbocycles. The van der Waals surface area contributed by atoms with Crippen LogP contribution in [-0.2, 0) is 17.8 Å². The number of hydrogen-bond donors (Lipinski definition) is 1. The lowest BCUT2D eigenvalue weighted by Gasteiger charge is -2.40. The van der Waals surface area contributed by atoms with E-state index in [4.69, 9.17) is 0 Å². The lowest BCUT2D eigenvalue weighted by Crippen LogP contribution is -2.51. The van der Waals surface area contributed by atoms with Gasteiger partial charge in [0.2, 0.25) is 11.3 Å². The third-order valence-corrected chi connectivity index (χ3v) is 7.11. The van der Waals surface area contributed by atoms with E-state index < -0.39 is 5.43 Å². The Hall–Kier alpha value is -2.50. The van der Waals surface area contributed by atoms with Crippen LogP contribution in [0.1, 0.15) is 35.2 Å². The molecule has 3 atom stereocenters. The number of carbonyl (C=O) groups is 1. The number of aromatic hydroxyl groups is 1. The number of pyridine rings is 1. The van der Waals surface area contributed by atoms with Crippen molar-refractivity contribution in [3.05, 3.63) is 63.1 Å². The van der Waals surface area contributed by atoms with Crippen molar-refractivity contribution in [2.75, 3.05) is 13.1 Å². The number of carbonyl (C=O) groups excluding carboxylic acids is 1. The molecule has 1 N–H and O–H groups in total. The summed E-state index contributed by atoms with van der Waals surface area (Å²) in [4.78, 5) is 25.9. The van der Waals surface area contributed by atoms with Crippen LogP contribution in [0.25, 0.3) is 0 Å². The van der Waals surface area contributed by atoms with Gasteiger partial charge in [0.1, 0.15) is 14.4 Å². The number of nitrogens with zero attached hydrogens (tertiary/aromatic N) is 2. The normalized spacial score (nSPS) is 23.7. The van der Waals surface area contributed by atoms with E-state index in [-0.39, 0.29) is 18.2 Å². The van der Waals surface area contributed by atoms with Crippen molar-refractivity contribution in [2.24, 2.45) is 11.8 Å². The second-order valence-corrected chi connectivity index (χ2v) is 9.04. The first-order valence-corrected chi connectivity index (χ1v) is 10.5. The molecule has 1 saturated carbocycles. The van der Waals surface area contributed by atoms with Crippen molar-refractivity contribution < 1.29 is 9.90 Å². The molecule has 6 heteroatoms. The molecule has 0 spiro atoms. The van der Waals surface area contributed by atoms with Crippen molar-refractivity contribution in [3.63, 3.8) is 0 Å². The van der Waals surface area contributed by atoms with Crippen LogP contribution in [0, 0.1) is 25.7 Å². The fraction of sp³-hybridized carbons (Fsp3) is 0.478. The standard InChI is InChI=1S/C23H29BN2O3/c1-13-8-18(21-14(2)22(21)24)5-4-17(13)9-16-10-26(11-16)20(28)12-25-7-6-19(27)23(29)15(25)3/h4-8,14,16,21-22,29H,9-12,24H2,1-3H3. The topological polar surface area (TPSA) is 62.5 Å². The molecule has 2 heterocycles. The zero-order valence-electron chi connectivity index (χ0n) is 17.7. The van der Waals surface area contributed by atoms with Gasteiger partial charge < -0.3 is 14.6 Å². The van der Waals surface area contributed by atoms with Gasteiger partial charge in [0.05, 0.1) is 5.69 Å². The van der Waals surface area contributed by atoms with Gasteiger partial charge in [0, 0.05) is 25.4 Å². The minimum Gasteiger partial charge on any atom is -0.503 e. The molecule has 3 unspecified atom stereocenters. The lowest BCUT2D eigenvalue weighted by molar-refractivity contribution is -0.138. The van der Waals surface area contributed by atoms with Crippen LogP contribution in [0.15, 0.2) is 35.3 Å². The molecule has 1 aromatic heterocycles. The van der Waals surface area contributed by atoms with E-state index in [2.05, 4.69) is 39.9 Å². The zero-order chi connectivity index (χ0) is 20.9. The lowest BCUT2D eigenvalue weighted by atomic mass is 9.88. The molecular formula is C23H29BN2O3. The van der Waals surface area contributed by atoms with E-state index >= 15 is 0 Å². The zero-order valence-corrected chi connectivity index (χ0v) is 17.7. The van der Waals surface area contributed by atoms with Gasteiger partial charge in [-0.3, -0.25) is 9.59 Å². The summed E-state index contributed by atoms with van der Waals surface area (Å²) >= 11 is 0. The second kappa shape index (κ2) is 7.40. The predicted molar refractivity (Wildman–Crippen MR) is 116 cm³/mol. The van der Waals surface area contributed by atoms with Crippen LogP contribution in [0.2, 0.25) is 5.82 Å². The quantitative estimate of drug-likeness (QED) is 0.793. The highest BCUT2D eigenvalue weighted by Crippen LogP contribution is 2.56. The van der Waals surface area contributed by atoms with Gasteiger partial charge in [0.25, 0.3) is 0 Å². The Kier molecular flexibility index (Phi) is 5.05. The summed E-state index contributed by atoms with van der Waals surface area (Å²) in [6.07, 6.45) is 2.57. The molecule has 29 heavy (non-hydrogen) atoms. The highest BCUT2D eigenvalue weighted by Gasteiger charge is 2.43. The second-order valence-electron chi connectivity index (χ2n) is 9.04. The fourth-order valence-electron chi connectivity index (χ4n) is 4.72. The van der Waals surface area contributed by atoms with Gasteiger partial charge >= 0.3 is 0 Å². The molecule has 1 aliphatic carbocycles. The molecule has 2 aliphatic rings. The van der Waals surface area contributed by atoms with Gasteiger partial charge in [-0.2, -0.15) is 0 Å². The number of amides is 1. The molecule has 5 nitrogen and oxygen atoms in total. The Morgan fingerprint density at radius 3 is 2.55 bits per heavy atom. The third-order valence-electron chi connectivity index (χ3n) is 7.11. The van der Waals surface area contributed by atoms with Crippen molar-refractivity contribution in [2.45, 2.75) is 45.5 Å². The molecule has 1 aliphatic heterocycles. The van der Waals surface area contributed by atoms with Gasteiger partial charge in [-0.15, -0.1) is 0 Å². The van der Waals surface area contributed by atoms with Gasteiger partial charge in [0.15, 0.2) is 5.75 Å². The SMILES string of the molecule is BC1C(C)C1c1ccc(CC2CN(C(=O)Cn3ccc(=O)c(O)c3C)C2)c(C)c1. The summed E-state index contributed by atoms with van der Waals surface area (Å²) in [5, 5.41) is 9.77. The van der Waals surface area contributed by atoms with Crippen molar-refractivity contribution in [3.8, 4) is 5.75 Å². The van der Waals surface area contributed by atoms with Crippen LogP contribution in [0.5, 0.6) is 5.75 Å². The maximum absolute atomic E-state index is 12.5. The predicted octanol–water partition coefficient (Wildman–Crippen LogP) is 2.03. The Balaban J connectivity index is 1.32. The number of aryl methyl sites for hydroxylation is 1. The molecule has 4 rings (SSSR count). The summed E-state index contributed by atoms with van der Waals surface area (Å²) in [5.74, 6) is 2.53. The summed E-state index contributed by atoms with van der Waals surface area (Å²) in [6.45, 7) is 7.86. The van der Waals surface area contributed by atoms with E-state index in [1.807, 2.05) is 4.90 Å². The van der Waals surface area contributed by atoms with Gasteiger partial charge in [-0.25, -0.2) is 0 Å². The first kappa shape index (κ1) is 19.8. The largest absolute Gasteiger partial charge is 0.503 e. The average molecular weight is 392 g/mol. The Morgan fingerprint density at radius 1 is 1.24 bits per heavy atom. The van der Waals surface area contributed by atoms with E-state index in [1.54, 1.807) is 17.7 Å². The van der Waals surface area contributed by atoms with E-state index in [0.717, 1.165) is 37.2 Å². The molecular weight excluding hydrogens is 363 g/mol. The first-order chi connectivity index (χ1) is 13.8. The maximum atomic E-state index is 12.5. The summed E-state index contributed by atoms with van der Waals surface area (Å²) in [7, 11) is 2.33. The van der Waals surface area contributed by atoms with Crippen molar-refractivity contribution >= 4 is 13.8 Å². The number of benzene rings is 1. The highest BCUT2D eigenvalue weighted by molar-refractivity contribution is 6.15. The first-order valence-electron chi connectivity index (χ1n) is 10.5. The molecule has 152 valence electrons. The van der Waals surface area contributed by atoms with Crippen molar-refractivity contribution in [1.82, 2.24) is 9.47 Å². The number of aromatic nitrogens is 1. The van der Waals surface area contributed by atoms with Gasteiger partial charge in [-0.05, 0) is 54.7 Å². The van der Waals surface area contributed by atoms with Crippen LogP contribution in [-0.4, -0.2) is 41.4 Å². The summed E-state index contributed by atoms with van der Waals surface area (Å²) in [5.41, 5.74) is 4.22. The van der Waals surface area contributed by atoms with Crippen LogP contribution in [0.3, 0.4) is 0 Å². The Bertz CT molecular complexity index is 1000. The number of likely N-dealkylation sites (tertiary alicyclic amines) is 1.